The van der Waals surface area contributed by atoms with Crippen molar-refractivity contribution in [3.63, 3.8) is 0 Å². The highest BCUT2D eigenvalue weighted by molar-refractivity contribution is 5.63. The molecule has 0 amide bonds. The highest BCUT2D eigenvalue weighted by atomic mass is 16.6. The van der Waals surface area contributed by atoms with Gasteiger partial charge in [0.15, 0.2) is 0 Å². The van der Waals surface area contributed by atoms with Gasteiger partial charge in [0.1, 0.15) is 12.2 Å². The van der Waals surface area contributed by atoms with Crippen LogP contribution in [0.15, 0.2) is 54.6 Å². The number of benzene rings is 2. The first kappa shape index (κ1) is 11.5. The molecule has 0 aliphatic carbocycles. The van der Waals surface area contributed by atoms with E-state index in [4.69, 9.17) is 9.47 Å². The van der Waals surface area contributed by atoms with Crippen LogP contribution in [0.25, 0.3) is 11.1 Å². The Labute approximate surface area is 107 Å². The fourth-order valence-corrected chi connectivity index (χ4v) is 2.22. The Morgan fingerprint density at radius 2 is 1.61 bits per heavy atom. The van der Waals surface area contributed by atoms with E-state index in [1.165, 1.54) is 16.7 Å². The number of rotatable bonds is 4. The molecule has 0 saturated carbocycles. The summed E-state index contributed by atoms with van der Waals surface area (Å²) in [5.74, 6) is 0. The molecule has 2 nitrogen and oxygen atoms in total. The fourth-order valence-electron chi connectivity index (χ4n) is 2.22. The summed E-state index contributed by atoms with van der Waals surface area (Å²) in [7, 11) is 1.71. The first-order valence-corrected chi connectivity index (χ1v) is 6.18. The summed E-state index contributed by atoms with van der Waals surface area (Å²) in [5, 5.41) is 0. The van der Waals surface area contributed by atoms with Crippen molar-refractivity contribution in [1.82, 2.24) is 0 Å². The summed E-state index contributed by atoms with van der Waals surface area (Å²) in [5.41, 5.74) is 3.72. The van der Waals surface area contributed by atoms with Gasteiger partial charge in [-0.05, 0) is 16.7 Å². The van der Waals surface area contributed by atoms with Gasteiger partial charge in [0.05, 0.1) is 6.61 Å². The molecule has 3 rings (SSSR count). The minimum atomic E-state index is 0.217. The lowest BCUT2D eigenvalue weighted by molar-refractivity contribution is 0.171. The van der Waals surface area contributed by atoms with Crippen LogP contribution in [0, 0.1) is 0 Å². The Kier molecular flexibility index (Phi) is 3.13. The van der Waals surface area contributed by atoms with Crippen molar-refractivity contribution < 1.29 is 9.47 Å². The standard InChI is InChI=1S/C16H16O2/c1-17-11-15-16(18-15)14-9-7-13(8-10-14)12-5-3-2-4-6-12/h2-10,15-16H,11H2,1H3/t15-,16+/m0/s1. The van der Waals surface area contributed by atoms with Gasteiger partial charge < -0.3 is 9.47 Å². The summed E-state index contributed by atoms with van der Waals surface area (Å²) in [4.78, 5) is 0. The highest BCUT2D eigenvalue weighted by Gasteiger charge is 2.39. The van der Waals surface area contributed by atoms with Gasteiger partial charge in [-0.25, -0.2) is 0 Å². The molecular weight excluding hydrogens is 224 g/mol. The van der Waals surface area contributed by atoms with Crippen molar-refractivity contribution in [1.29, 1.82) is 0 Å². The average molecular weight is 240 g/mol. The van der Waals surface area contributed by atoms with Crippen LogP contribution in [0.2, 0.25) is 0 Å². The summed E-state index contributed by atoms with van der Waals surface area (Å²) >= 11 is 0. The number of epoxide rings is 1. The molecule has 1 aliphatic rings. The minimum Gasteiger partial charge on any atom is -0.382 e. The second-order valence-corrected chi connectivity index (χ2v) is 4.54. The van der Waals surface area contributed by atoms with E-state index in [0.717, 1.165) is 0 Å². The van der Waals surface area contributed by atoms with Crippen molar-refractivity contribution in [2.24, 2.45) is 0 Å². The molecule has 2 aromatic carbocycles. The predicted octanol–water partition coefficient (Wildman–Crippen LogP) is 3.44. The van der Waals surface area contributed by atoms with Crippen LogP contribution in [0.1, 0.15) is 11.7 Å². The third-order valence-corrected chi connectivity index (χ3v) is 3.26. The monoisotopic (exact) mass is 240 g/mol. The van der Waals surface area contributed by atoms with E-state index in [1.54, 1.807) is 7.11 Å². The van der Waals surface area contributed by atoms with Gasteiger partial charge in [0.2, 0.25) is 0 Å². The first-order valence-electron chi connectivity index (χ1n) is 6.18. The van der Waals surface area contributed by atoms with Gasteiger partial charge in [-0.3, -0.25) is 0 Å². The van der Waals surface area contributed by atoms with E-state index in [9.17, 15) is 0 Å². The SMILES string of the molecule is COC[C@@H]1O[C@@H]1c1ccc(-c2ccccc2)cc1. The molecule has 18 heavy (non-hydrogen) atoms. The van der Waals surface area contributed by atoms with E-state index in [2.05, 4.69) is 48.5 Å². The molecule has 0 radical (unpaired) electrons. The van der Waals surface area contributed by atoms with Gasteiger partial charge in [0.25, 0.3) is 0 Å². The lowest BCUT2D eigenvalue weighted by atomic mass is 10.0. The zero-order valence-corrected chi connectivity index (χ0v) is 10.4. The molecule has 0 unspecified atom stereocenters. The quantitative estimate of drug-likeness (QED) is 0.764. The zero-order valence-electron chi connectivity index (χ0n) is 10.4. The molecule has 1 aliphatic heterocycles. The molecule has 2 heteroatoms. The van der Waals surface area contributed by atoms with E-state index in [-0.39, 0.29) is 12.2 Å². The third kappa shape index (κ3) is 2.30. The van der Waals surface area contributed by atoms with Crippen LogP contribution >= 0.6 is 0 Å². The van der Waals surface area contributed by atoms with Crippen LogP contribution in [0.5, 0.6) is 0 Å². The summed E-state index contributed by atoms with van der Waals surface area (Å²) < 4.78 is 10.6. The minimum absolute atomic E-state index is 0.217. The lowest BCUT2D eigenvalue weighted by Crippen LogP contribution is -1.98. The molecule has 1 saturated heterocycles. The van der Waals surface area contributed by atoms with Crippen LogP contribution in [0.3, 0.4) is 0 Å². The Hall–Kier alpha value is -1.64. The first-order chi connectivity index (χ1) is 8.88. The summed E-state index contributed by atoms with van der Waals surface area (Å²) in [6.45, 7) is 0.672. The number of hydrogen-bond acceptors (Lipinski definition) is 2. The average Bonchev–Trinajstić information content (AvgIpc) is 3.20. The molecule has 1 fully saturated rings. The van der Waals surface area contributed by atoms with Crippen molar-refractivity contribution in [2.75, 3.05) is 13.7 Å². The zero-order chi connectivity index (χ0) is 12.4. The van der Waals surface area contributed by atoms with Crippen molar-refractivity contribution in [3.05, 3.63) is 60.2 Å². The molecule has 92 valence electrons. The summed E-state index contributed by atoms with van der Waals surface area (Å²) in [6.07, 6.45) is 0.451. The van der Waals surface area contributed by atoms with Crippen LogP contribution in [-0.2, 0) is 9.47 Å². The van der Waals surface area contributed by atoms with Gasteiger partial charge >= 0.3 is 0 Å². The molecule has 1 heterocycles. The normalized spacial score (nSPS) is 21.8. The molecule has 0 N–H and O–H groups in total. The van der Waals surface area contributed by atoms with Gasteiger partial charge in [0, 0.05) is 7.11 Å². The van der Waals surface area contributed by atoms with Crippen LogP contribution in [-0.4, -0.2) is 19.8 Å². The predicted molar refractivity (Wildman–Crippen MR) is 71.4 cm³/mol. The highest BCUT2D eigenvalue weighted by Crippen LogP contribution is 2.39. The maximum Gasteiger partial charge on any atom is 0.112 e. The summed E-state index contributed by atoms with van der Waals surface area (Å²) in [6, 6.07) is 19.0. The van der Waals surface area contributed by atoms with Crippen LogP contribution < -0.4 is 0 Å². The van der Waals surface area contributed by atoms with Crippen LogP contribution in [0.4, 0.5) is 0 Å². The number of ether oxygens (including phenoxy) is 2. The Bertz CT molecular complexity index is 504. The smallest absolute Gasteiger partial charge is 0.112 e. The lowest BCUT2D eigenvalue weighted by Gasteiger charge is -2.02. The Morgan fingerprint density at radius 3 is 2.28 bits per heavy atom. The second-order valence-electron chi connectivity index (χ2n) is 4.54. The van der Waals surface area contributed by atoms with E-state index in [0.29, 0.717) is 6.61 Å². The molecule has 0 aromatic heterocycles. The second kappa shape index (κ2) is 4.92. The van der Waals surface area contributed by atoms with Crippen molar-refractivity contribution in [2.45, 2.75) is 12.2 Å². The Morgan fingerprint density at radius 1 is 0.944 bits per heavy atom. The molecule has 2 atom stereocenters. The molecular formula is C16H16O2. The topological polar surface area (TPSA) is 21.8 Å². The maximum absolute atomic E-state index is 5.56. The molecule has 0 spiro atoms. The van der Waals surface area contributed by atoms with Gasteiger partial charge in [-0.1, -0.05) is 54.6 Å². The van der Waals surface area contributed by atoms with E-state index < -0.39 is 0 Å². The van der Waals surface area contributed by atoms with Gasteiger partial charge in [-0.15, -0.1) is 0 Å². The van der Waals surface area contributed by atoms with Crippen molar-refractivity contribution >= 4 is 0 Å². The number of hydrogen-bond donors (Lipinski definition) is 0. The maximum atomic E-state index is 5.56. The third-order valence-electron chi connectivity index (χ3n) is 3.26. The van der Waals surface area contributed by atoms with Gasteiger partial charge in [-0.2, -0.15) is 0 Å². The van der Waals surface area contributed by atoms with Crippen molar-refractivity contribution in [3.8, 4) is 11.1 Å². The fraction of sp³-hybridized carbons (Fsp3) is 0.250. The Balaban J connectivity index is 1.75. The van der Waals surface area contributed by atoms with E-state index >= 15 is 0 Å². The number of methoxy groups -OCH3 is 1. The molecule has 0 bridgehead atoms. The van der Waals surface area contributed by atoms with E-state index in [1.807, 2.05) is 6.07 Å². The molecule has 2 aromatic rings. The largest absolute Gasteiger partial charge is 0.382 e.